The second kappa shape index (κ2) is 6.71. The average molecular weight is 321 g/mol. The van der Waals surface area contributed by atoms with Gasteiger partial charge in [-0.1, -0.05) is 35.9 Å². The van der Waals surface area contributed by atoms with Gasteiger partial charge >= 0.3 is 0 Å². The molecule has 2 atom stereocenters. The molecule has 0 aliphatic carbocycles. The van der Waals surface area contributed by atoms with Crippen LogP contribution in [0.25, 0.3) is 0 Å². The van der Waals surface area contributed by atoms with Gasteiger partial charge in [0.2, 0.25) is 0 Å². The molecule has 0 bridgehead atoms. The number of para-hydroxylation sites is 1. The lowest BCUT2D eigenvalue weighted by atomic mass is 10.0. The Hall–Kier alpha value is -1.20. The number of nitrogens with two attached hydrogens (primary N) is 1. The van der Waals surface area contributed by atoms with Crippen LogP contribution in [0.2, 0.25) is 5.02 Å². The summed E-state index contributed by atoms with van der Waals surface area (Å²) < 4.78 is 6.09. The van der Waals surface area contributed by atoms with Crippen molar-refractivity contribution in [2.24, 2.45) is 5.84 Å². The van der Waals surface area contributed by atoms with Crippen molar-refractivity contribution in [1.82, 2.24) is 5.43 Å². The lowest BCUT2D eigenvalue weighted by Crippen LogP contribution is -2.50. The molecule has 0 saturated carbocycles. The van der Waals surface area contributed by atoms with E-state index in [-0.39, 0.29) is 12.1 Å². The number of hydrogen-bond donors (Lipinski definition) is 2. The summed E-state index contributed by atoms with van der Waals surface area (Å²) in [4.78, 5) is 1.19. The fourth-order valence-corrected chi connectivity index (χ4v) is 3.61. The molecule has 2 unspecified atom stereocenters. The number of hydrogen-bond acceptors (Lipinski definition) is 4. The summed E-state index contributed by atoms with van der Waals surface area (Å²) in [6.45, 7) is 0. The molecule has 0 amide bonds. The first-order valence-corrected chi connectivity index (χ1v) is 8.21. The molecule has 3 rings (SSSR count). The first kappa shape index (κ1) is 14.7. The maximum atomic E-state index is 6.09. The van der Waals surface area contributed by atoms with E-state index in [2.05, 4.69) is 11.5 Å². The van der Waals surface area contributed by atoms with Crippen LogP contribution in [0.4, 0.5) is 0 Å². The lowest BCUT2D eigenvalue weighted by Gasteiger charge is -2.31. The molecule has 1 aliphatic heterocycles. The second-order valence-electron chi connectivity index (χ2n) is 5.02. The molecule has 0 radical (unpaired) electrons. The minimum absolute atomic E-state index is 0.0468. The Labute approximate surface area is 133 Å². The van der Waals surface area contributed by atoms with Gasteiger partial charge < -0.3 is 4.74 Å². The summed E-state index contributed by atoms with van der Waals surface area (Å²) in [6, 6.07) is 16.0. The molecule has 0 spiro atoms. The van der Waals surface area contributed by atoms with Crippen LogP contribution in [0.3, 0.4) is 0 Å². The van der Waals surface area contributed by atoms with Gasteiger partial charge in [0.25, 0.3) is 0 Å². The molecule has 110 valence electrons. The van der Waals surface area contributed by atoms with E-state index in [1.54, 1.807) is 0 Å². The number of ether oxygens (including phenoxy) is 1. The average Bonchev–Trinajstić information content (AvgIpc) is 2.54. The fourth-order valence-electron chi connectivity index (χ4n) is 2.41. The van der Waals surface area contributed by atoms with Crippen molar-refractivity contribution in [1.29, 1.82) is 0 Å². The van der Waals surface area contributed by atoms with Crippen LogP contribution >= 0.6 is 23.4 Å². The van der Waals surface area contributed by atoms with Crippen LogP contribution in [-0.2, 0) is 6.42 Å². The topological polar surface area (TPSA) is 47.3 Å². The molecule has 1 heterocycles. The van der Waals surface area contributed by atoms with E-state index in [1.165, 1.54) is 10.5 Å². The zero-order valence-corrected chi connectivity index (χ0v) is 13.0. The highest BCUT2D eigenvalue weighted by Gasteiger charge is 2.27. The maximum absolute atomic E-state index is 6.09. The van der Waals surface area contributed by atoms with Crippen molar-refractivity contribution in [2.45, 2.75) is 23.5 Å². The Morgan fingerprint density at radius 2 is 2.00 bits per heavy atom. The highest BCUT2D eigenvalue weighted by molar-refractivity contribution is 7.99. The van der Waals surface area contributed by atoms with E-state index in [1.807, 2.05) is 54.2 Å². The largest absolute Gasteiger partial charge is 0.487 e. The normalized spacial score (nSPS) is 18.7. The Balaban J connectivity index is 1.71. The number of benzene rings is 2. The molecule has 1 aliphatic rings. The highest BCUT2D eigenvalue weighted by atomic mass is 35.5. The number of thioether (sulfide) groups is 1. The molecule has 0 aromatic heterocycles. The summed E-state index contributed by atoms with van der Waals surface area (Å²) >= 11 is 7.73. The van der Waals surface area contributed by atoms with Gasteiger partial charge in [0.05, 0.1) is 6.04 Å². The second-order valence-corrected chi connectivity index (χ2v) is 6.52. The van der Waals surface area contributed by atoms with E-state index in [9.17, 15) is 0 Å². The molecular weight excluding hydrogens is 304 g/mol. The summed E-state index contributed by atoms with van der Waals surface area (Å²) in [5.74, 6) is 7.56. The lowest BCUT2D eigenvalue weighted by molar-refractivity contribution is 0.165. The van der Waals surface area contributed by atoms with Gasteiger partial charge in [-0.25, -0.2) is 0 Å². The summed E-state index contributed by atoms with van der Waals surface area (Å²) in [7, 11) is 0. The summed E-state index contributed by atoms with van der Waals surface area (Å²) in [6.07, 6.45) is 0.853. The highest BCUT2D eigenvalue weighted by Crippen LogP contribution is 2.36. The summed E-state index contributed by atoms with van der Waals surface area (Å²) in [5, 5.41) is 0.745. The molecule has 5 heteroatoms. The van der Waals surface area contributed by atoms with Crippen LogP contribution in [0.5, 0.6) is 5.75 Å². The number of nitrogens with one attached hydrogen (secondary N) is 1. The third-order valence-electron chi connectivity index (χ3n) is 3.56. The minimum Gasteiger partial charge on any atom is -0.487 e. The Bertz CT molecular complexity index is 605. The fraction of sp³-hybridized carbons (Fsp3) is 0.250. The number of fused-ring (bicyclic) bond motifs is 1. The van der Waals surface area contributed by atoms with Crippen molar-refractivity contribution in [3.63, 3.8) is 0 Å². The third kappa shape index (κ3) is 3.52. The van der Waals surface area contributed by atoms with E-state index in [4.69, 9.17) is 22.2 Å². The molecule has 21 heavy (non-hydrogen) atoms. The first-order chi connectivity index (χ1) is 10.3. The molecule has 2 aromatic rings. The molecule has 2 aromatic carbocycles. The zero-order valence-electron chi connectivity index (χ0n) is 11.5. The van der Waals surface area contributed by atoms with Crippen molar-refractivity contribution < 1.29 is 4.74 Å². The molecule has 0 saturated heterocycles. The summed E-state index contributed by atoms with van der Waals surface area (Å²) in [5.41, 5.74) is 4.08. The van der Waals surface area contributed by atoms with Gasteiger partial charge in [0.1, 0.15) is 11.9 Å². The van der Waals surface area contributed by atoms with E-state index >= 15 is 0 Å². The quantitative estimate of drug-likeness (QED) is 0.670. The Morgan fingerprint density at radius 3 is 2.76 bits per heavy atom. The van der Waals surface area contributed by atoms with Gasteiger partial charge in [0, 0.05) is 15.7 Å². The molecule has 3 nitrogen and oxygen atoms in total. The molecule has 0 fully saturated rings. The Morgan fingerprint density at radius 1 is 1.24 bits per heavy atom. The van der Waals surface area contributed by atoms with E-state index in [0.29, 0.717) is 0 Å². The number of hydrazine groups is 1. The van der Waals surface area contributed by atoms with Crippen LogP contribution < -0.4 is 16.0 Å². The van der Waals surface area contributed by atoms with E-state index in [0.717, 1.165) is 22.9 Å². The van der Waals surface area contributed by atoms with E-state index < -0.39 is 0 Å². The minimum atomic E-state index is 0.0468. The van der Waals surface area contributed by atoms with Crippen molar-refractivity contribution in [2.75, 3.05) is 5.75 Å². The van der Waals surface area contributed by atoms with Crippen molar-refractivity contribution in [3.8, 4) is 5.75 Å². The predicted octanol–water partition coefficient (Wildman–Crippen LogP) is 3.27. The molecular formula is C16H17ClN2OS. The van der Waals surface area contributed by atoms with Crippen molar-refractivity contribution >= 4 is 23.4 Å². The van der Waals surface area contributed by atoms with Gasteiger partial charge in [-0.15, -0.1) is 11.8 Å². The van der Waals surface area contributed by atoms with Gasteiger partial charge in [-0.2, -0.15) is 0 Å². The smallest absolute Gasteiger partial charge is 0.133 e. The predicted molar refractivity (Wildman–Crippen MR) is 87.8 cm³/mol. The Kier molecular flexibility index (Phi) is 4.70. The van der Waals surface area contributed by atoms with Crippen LogP contribution in [-0.4, -0.2) is 17.9 Å². The molecule has 3 N–H and O–H groups in total. The van der Waals surface area contributed by atoms with Gasteiger partial charge in [-0.3, -0.25) is 11.3 Å². The van der Waals surface area contributed by atoms with Crippen LogP contribution in [0.15, 0.2) is 53.4 Å². The third-order valence-corrected chi connectivity index (χ3v) is 4.96. The monoisotopic (exact) mass is 320 g/mol. The first-order valence-electron chi connectivity index (χ1n) is 6.85. The SMILES string of the molecule is NNC(Cc1ccc(Cl)cc1)C1CSc2ccccc2O1. The van der Waals surface area contributed by atoms with Gasteiger partial charge in [0.15, 0.2) is 0 Å². The standard InChI is InChI=1S/C16H17ClN2OS/c17-12-7-5-11(6-8-12)9-13(19-18)15-10-21-16-4-2-1-3-14(16)20-15/h1-8,13,15,19H,9-10,18H2. The van der Waals surface area contributed by atoms with Gasteiger partial charge in [-0.05, 0) is 36.2 Å². The number of halogens is 1. The maximum Gasteiger partial charge on any atom is 0.133 e. The van der Waals surface area contributed by atoms with Crippen LogP contribution in [0.1, 0.15) is 5.56 Å². The van der Waals surface area contributed by atoms with Crippen LogP contribution in [0, 0.1) is 0 Å². The van der Waals surface area contributed by atoms with Crippen molar-refractivity contribution in [3.05, 3.63) is 59.1 Å². The number of rotatable bonds is 4. The zero-order chi connectivity index (χ0) is 14.7.